The summed E-state index contributed by atoms with van der Waals surface area (Å²) in [6.45, 7) is -2.93. The van der Waals surface area contributed by atoms with Gasteiger partial charge in [0.15, 0.2) is 0 Å². The Hall–Kier alpha value is -4.76. The van der Waals surface area contributed by atoms with Crippen molar-refractivity contribution >= 4 is 32.6 Å². The number of aromatic nitrogens is 3. The zero-order valence-corrected chi connectivity index (χ0v) is 19.9. The molecule has 0 fully saturated rings. The van der Waals surface area contributed by atoms with Gasteiger partial charge in [0.1, 0.15) is 5.82 Å². The molecule has 0 saturated heterocycles. The van der Waals surface area contributed by atoms with E-state index in [0.717, 1.165) is 43.9 Å². The van der Waals surface area contributed by atoms with Crippen LogP contribution in [0.25, 0.3) is 60.6 Å². The minimum atomic E-state index is -2.93. The summed E-state index contributed by atoms with van der Waals surface area (Å²) >= 11 is 0. The van der Waals surface area contributed by atoms with Gasteiger partial charge in [-0.2, -0.15) is 0 Å². The molecule has 0 saturated carbocycles. The van der Waals surface area contributed by atoms with E-state index in [1.165, 1.54) is 0 Å². The van der Waals surface area contributed by atoms with E-state index in [4.69, 9.17) is 6.85 Å². The second kappa shape index (κ2) is 8.72. The van der Waals surface area contributed by atoms with Crippen molar-refractivity contribution in [1.29, 1.82) is 0 Å². The molecule has 0 atom stereocenters. The van der Waals surface area contributed by atoms with Gasteiger partial charge in [-0.15, -0.1) is 0 Å². The third-order valence-electron chi connectivity index (χ3n) is 6.91. The number of nitrogens with zero attached hydrogens (tertiary/aromatic N) is 3. The van der Waals surface area contributed by atoms with Crippen LogP contribution >= 0.6 is 0 Å². The van der Waals surface area contributed by atoms with Crippen LogP contribution in [0.5, 0.6) is 0 Å². The summed E-state index contributed by atoms with van der Waals surface area (Å²) in [6.07, 6.45) is -0.920. The maximum absolute atomic E-state index is 8.75. The van der Waals surface area contributed by atoms with Crippen LogP contribution in [0.2, 0.25) is 0 Å². The number of imidazole rings is 1. The summed E-state index contributed by atoms with van der Waals surface area (Å²) < 4.78 is 43.4. The summed E-state index contributed by atoms with van der Waals surface area (Å²) in [6, 6.07) is 37.5. The molecule has 5 aromatic carbocycles. The molecule has 0 N–H and O–H groups in total. The number of fused-ring (bicyclic) bond motifs is 3. The molecule has 0 unspecified atom stereocenters. The second-order valence-corrected chi connectivity index (χ2v) is 9.00. The molecule has 176 valence electrons. The average molecular weight is 481 g/mol. The van der Waals surface area contributed by atoms with Crippen molar-refractivity contribution in [2.75, 3.05) is 0 Å². The molecule has 7 rings (SSSR count). The van der Waals surface area contributed by atoms with E-state index in [2.05, 4.69) is 34.2 Å². The predicted molar refractivity (Wildman–Crippen MR) is 154 cm³/mol. The molecular formula is C34H25N3. The highest BCUT2D eigenvalue weighted by molar-refractivity contribution is 6.18. The van der Waals surface area contributed by atoms with Crippen LogP contribution in [-0.2, 0) is 6.37 Å². The number of benzene rings is 5. The van der Waals surface area contributed by atoms with Gasteiger partial charge in [-0.3, -0.25) is 9.55 Å². The Morgan fingerprint density at radius 1 is 0.703 bits per heavy atom. The molecule has 2 aromatic heterocycles. The minimum absolute atomic E-state index is 0.149. The van der Waals surface area contributed by atoms with Gasteiger partial charge in [-0.05, 0) is 52.2 Å². The third-order valence-corrected chi connectivity index (χ3v) is 6.91. The van der Waals surface area contributed by atoms with Gasteiger partial charge in [-0.1, -0.05) is 91.8 Å². The topological polar surface area (TPSA) is 30.7 Å². The first kappa shape index (κ1) is 16.8. The number of rotatable bonds is 4. The van der Waals surface area contributed by atoms with Crippen LogP contribution in [0.15, 0.2) is 121 Å². The molecule has 0 aliphatic rings. The van der Waals surface area contributed by atoms with Gasteiger partial charge in [0.2, 0.25) is 0 Å². The Morgan fingerprint density at radius 3 is 2.11 bits per heavy atom. The van der Waals surface area contributed by atoms with E-state index in [-0.39, 0.29) is 5.82 Å². The fourth-order valence-corrected chi connectivity index (χ4v) is 5.36. The summed E-state index contributed by atoms with van der Waals surface area (Å²) in [5.41, 5.74) is 5.80. The SMILES string of the molecule is [2H]C([2H])([2H])C([2H])([2H])c1nc2ccccc2n1-c1c2ccccc2c(-c2cccc(-c3ccccn3)c2)c2ccccc12. The molecule has 3 heteroatoms. The largest absolute Gasteiger partial charge is 0.295 e. The molecule has 0 radical (unpaired) electrons. The van der Waals surface area contributed by atoms with Crippen molar-refractivity contribution in [2.24, 2.45) is 0 Å². The zero-order chi connectivity index (χ0) is 29.1. The van der Waals surface area contributed by atoms with Gasteiger partial charge < -0.3 is 0 Å². The van der Waals surface area contributed by atoms with E-state index in [9.17, 15) is 0 Å². The van der Waals surface area contributed by atoms with Crippen LogP contribution in [0.3, 0.4) is 0 Å². The van der Waals surface area contributed by atoms with Gasteiger partial charge in [-0.25, -0.2) is 4.98 Å². The molecule has 0 bridgehead atoms. The normalized spacial score (nSPS) is 14.2. The maximum atomic E-state index is 8.75. The van der Waals surface area contributed by atoms with Gasteiger partial charge in [0.25, 0.3) is 0 Å². The minimum Gasteiger partial charge on any atom is -0.295 e. The second-order valence-electron chi connectivity index (χ2n) is 9.00. The number of pyridine rings is 1. The van der Waals surface area contributed by atoms with Crippen molar-refractivity contribution in [3.05, 3.63) is 127 Å². The Balaban J connectivity index is 1.61. The zero-order valence-electron chi connectivity index (χ0n) is 24.9. The number of aryl methyl sites for hydroxylation is 1. The standard InChI is InChI=1S/C34H25N3/c1-2-32-36-30-19-7-8-20-31(30)37(32)34-27-16-5-3-14-25(27)33(26-15-4-6-17-28(26)34)24-13-11-12-23(22-24)29-18-9-10-21-35-29/h3-22H,2H2,1H3/i1D3,2D2. The van der Waals surface area contributed by atoms with E-state index >= 15 is 0 Å². The van der Waals surface area contributed by atoms with Crippen LogP contribution in [0.4, 0.5) is 0 Å². The lowest BCUT2D eigenvalue weighted by atomic mass is 9.89. The van der Waals surface area contributed by atoms with Crippen LogP contribution in [-0.4, -0.2) is 14.5 Å². The van der Waals surface area contributed by atoms with Crippen molar-refractivity contribution in [2.45, 2.75) is 13.2 Å². The van der Waals surface area contributed by atoms with Crippen molar-refractivity contribution < 1.29 is 6.85 Å². The van der Waals surface area contributed by atoms with Gasteiger partial charge >= 0.3 is 0 Å². The molecular weight excluding hydrogens is 450 g/mol. The van der Waals surface area contributed by atoms with Gasteiger partial charge in [0, 0.05) is 35.8 Å². The highest BCUT2D eigenvalue weighted by Gasteiger charge is 2.20. The first-order valence-corrected chi connectivity index (χ1v) is 12.2. The summed E-state index contributed by atoms with van der Waals surface area (Å²) in [5.74, 6) is -0.149. The summed E-state index contributed by atoms with van der Waals surface area (Å²) in [7, 11) is 0. The van der Waals surface area contributed by atoms with Crippen LogP contribution in [0, 0.1) is 0 Å². The number of hydrogen-bond acceptors (Lipinski definition) is 2. The maximum Gasteiger partial charge on any atom is 0.114 e. The van der Waals surface area contributed by atoms with E-state index in [1.807, 2.05) is 84.9 Å². The molecule has 0 aliphatic heterocycles. The number of para-hydroxylation sites is 2. The fourth-order valence-electron chi connectivity index (χ4n) is 5.36. The fraction of sp³-hybridized carbons (Fsp3) is 0.0588. The summed E-state index contributed by atoms with van der Waals surface area (Å²) in [5, 5.41) is 3.64. The number of hydrogen-bond donors (Lipinski definition) is 0. The lowest BCUT2D eigenvalue weighted by Crippen LogP contribution is -2.03. The van der Waals surface area contributed by atoms with E-state index < -0.39 is 13.2 Å². The van der Waals surface area contributed by atoms with E-state index in [1.54, 1.807) is 16.8 Å². The van der Waals surface area contributed by atoms with E-state index in [0.29, 0.717) is 16.7 Å². The smallest absolute Gasteiger partial charge is 0.114 e. The quantitative estimate of drug-likeness (QED) is 0.236. The first-order chi connectivity index (χ1) is 20.3. The highest BCUT2D eigenvalue weighted by atomic mass is 15.1. The molecule has 0 spiro atoms. The monoisotopic (exact) mass is 480 g/mol. The Labute approximate surface area is 222 Å². The predicted octanol–water partition coefficient (Wildman–Crippen LogP) is 8.62. The molecule has 37 heavy (non-hydrogen) atoms. The summed E-state index contributed by atoms with van der Waals surface area (Å²) in [4.78, 5) is 9.13. The molecule has 2 heterocycles. The van der Waals surface area contributed by atoms with Crippen molar-refractivity contribution in [3.8, 4) is 28.1 Å². The molecule has 7 aromatic rings. The lowest BCUT2D eigenvalue weighted by Gasteiger charge is -2.20. The van der Waals surface area contributed by atoms with Crippen molar-refractivity contribution in [1.82, 2.24) is 14.5 Å². The first-order valence-electron chi connectivity index (χ1n) is 14.7. The van der Waals surface area contributed by atoms with Crippen LogP contribution in [0.1, 0.15) is 19.5 Å². The average Bonchev–Trinajstić information content (AvgIpc) is 3.40. The van der Waals surface area contributed by atoms with Crippen molar-refractivity contribution in [3.63, 3.8) is 0 Å². The molecule has 3 nitrogen and oxygen atoms in total. The van der Waals surface area contributed by atoms with Crippen LogP contribution < -0.4 is 0 Å². The molecule has 0 aliphatic carbocycles. The Morgan fingerprint density at radius 2 is 1.38 bits per heavy atom. The van der Waals surface area contributed by atoms with Gasteiger partial charge in [0.05, 0.1) is 22.4 Å². The Bertz CT molecular complexity index is 2060. The lowest BCUT2D eigenvalue weighted by molar-refractivity contribution is 0.917. The Kier molecular flexibility index (Phi) is 3.97. The third kappa shape index (κ3) is 3.43. The molecule has 0 amide bonds. The highest BCUT2D eigenvalue weighted by Crippen LogP contribution is 2.42.